The number of hydrogen-bond donors (Lipinski definition) is 0. The average Bonchev–Trinajstić information content (AvgIpc) is 3.36. The van der Waals surface area contributed by atoms with Gasteiger partial charge in [-0.2, -0.15) is 0 Å². The minimum absolute atomic E-state index is 0.0355. The zero-order valence-electron chi connectivity index (χ0n) is 32.4. The molecule has 0 fully saturated rings. The van der Waals surface area contributed by atoms with Crippen LogP contribution in [0.15, 0.2) is 97.1 Å². The van der Waals surface area contributed by atoms with Crippen molar-refractivity contribution in [3.8, 4) is 27.9 Å². The summed E-state index contributed by atoms with van der Waals surface area (Å²) >= 11 is 0. The van der Waals surface area contributed by atoms with Crippen LogP contribution in [-0.4, -0.2) is 4.57 Å². The van der Waals surface area contributed by atoms with Crippen LogP contribution >= 0.6 is 0 Å². The topological polar surface area (TPSA) is 4.93 Å². The summed E-state index contributed by atoms with van der Waals surface area (Å²) in [6.07, 6.45) is 0.931. The summed E-state index contributed by atoms with van der Waals surface area (Å²) in [5.41, 5.74) is 16.1. The van der Waals surface area contributed by atoms with Crippen molar-refractivity contribution in [2.24, 2.45) is 0 Å². The van der Waals surface area contributed by atoms with Gasteiger partial charge in [0.2, 0.25) is 0 Å². The number of hydrogen-bond acceptors (Lipinski definition) is 0. The minimum Gasteiger partial charge on any atom is -0.308 e. The van der Waals surface area contributed by atoms with Gasteiger partial charge in [-0.05, 0) is 84.7 Å². The Morgan fingerprint density at radius 3 is 1.37 bits per heavy atom. The van der Waals surface area contributed by atoms with Crippen molar-refractivity contribution in [1.29, 1.82) is 0 Å². The van der Waals surface area contributed by atoms with Crippen LogP contribution in [0.5, 0.6) is 0 Å². The normalized spacial score (nSPS) is 13.1. The van der Waals surface area contributed by atoms with Gasteiger partial charge in [-0.3, -0.25) is 0 Å². The summed E-state index contributed by atoms with van der Waals surface area (Å²) in [5.74, 6) is 0. The first-order valence-corrected chi connectivity index (χ1v) is 18.3. The van der Waals surface area contributed by atoms with Crippen molar-refractivity contribution >= 4 is 21.8 Å². The van der Waals surface area contributed by atoms with Crippen LogP contribution < -0.4 is 0 Å². The molecule has 0 saturated heterocycles. The van der Waals surface area contributed by atoms with E-state index in [1.54, 1.807) is 0 Å². The lowest BCUT2D eigenvalue weighted by Gasteiger charge is -2.27. The molecule has 0 aliphatic heterocycles. The highest BCUT2D eigenvalue weighted by molar-refractivity contribution is 6.14. The first kappa shape index (κ1) is 34.8. The van der Waals surface area contributed by atoms with Gasteiger partial charge in [-0.25, -0.2) is 0 Å². The van der Waals surface area contributed by atoms with Crippen molar-refractivity contribution in [3.05, 3.63) is 125 Å². The average molecular weight is 648 g/mol. The molecule has 1 nitrogen and oxygen atoms in total. The summed E-state index contributed by atoms with van der Waals surface area (Å²) in [6, 6.07) is 37.4. The summed E-state index contributed by atoms with van der Waals surface area (Å²) < 4.78 is 2.57. The molecule has 6 rings (SSSR count). The lowest BCUT2D eigenvalue weighted by atomic mass is 9.78. The smallest absolute Gasteiger partial charge is 0.0619 e. The number of rotatable bonds is 4. The predicted octanol–water partition coefficient (Wildman–Crippen LogP) is 13.9. The van der Waals surface area contributed by atoms with Crippen molar-refractivity contribution in [1.82, 2.24) is 4.57 Å². The molecule has 0 saturated carbocycles. The van der Waals surface area contributed by atoms with Crippen LogP contribution in [0.25, 0.3) is 49.7 Å². The van der Waals surface area contributed by atoms with Crippen LogP contribution in [0, 0.1) is 0 Å². The van der Waals surface area contributed by atoms with Crippen molar-refractivity contribution in [2.75, 3.05) is 0 Å². The second-order valence-corrected chi connectivity index (χ2v) is 18.3. The maximum Gasteiger partial charge on any atom is 0.0619 e. The van der Waals surface area contributed by atoms with E-state index in [9.17, 15) is 0 Å². The van der Waals surface area contributed by atoms with Crippen molar-refractivity contribution < 1.29 is 0 Å². The largest absolute Gasteiger partial charge is 0.308 e. The molecule has 5 aromatic carbocycles. The van der Waals surface area contributed by atoms with Gasteiger partial charge < -0.3 is 4.57 Å². The molecule has 0 aliphatic carbocycles. The van der Waals surface area contributed by atoms with Crippen LogP contribution in [-0.2, 0) is 28.1 Å². The third-order valence-electron chi connectivity index (χ3n) is 10.4. The molecule has 0 amide bonds. The molecule has 0 radical (unpaired) electrons. The van der Waals surface area contributed by atoms with Gasteiger partial charge in [0.1, 0.15) is 0 Å². The highest BCUT2D eigenvalue weighted by atomic mass is 15.0. The summed E-state index contributed by atoms with van der Waals surface area (Å²) in [6.45, 7) is 30.3. The second kappa shape index (κ2) is 12.0. The Bertz CT molecular complexity index is 2110. The summed E-state index contributed by atoms with van der Waals surface area (Å²) in [4.78, 5) is 0. The number of aromatic nitrogens is 1. The molecule has 0 aliphatic rings. The van der Waals surface area contributed by atoms with Gasteiger partial charge in [0.25, 0.3) is 0 Å². The Morgan fingerprint density at radius 2 is 0.878 bits per heavy atom. The molecule has 1 aromatic heterocycles. The molecule has 0 bridgehead atoms. The maximum atomic E-state index is 2.57. The van der Waals surface area contributed by atoms with Gasteiger partial charge in [0, 0.05) is 22.0 Å². The predicted molar refractivity (Wildman–Crippen MR) is 216 cm³/mol. The van der Waals surface area contributed by atoms with Crippen molar-refractivity contribution in [3.63, 3.8) is 0 Å². The van der Waals surface area contributed by atoms with E-state index in [4.69, 9.17) is 0 Å². The number of fused-ring (bicyclic) bond motifs is 3. The number of benzene rings is 5. The Morgan fingerprint density at radius 1 is 0.449 bits per heavy atom. The first-order chi connectivity index (χ1) is 22.8. The zero-order chi connectivity index (χ0) is 35.7. The molecule has 1 heteroatoms. The first-order valence-electron chi connectivity index (χ1n) is 18.3. The lowest BCUT2D eigenvalue weighted by molar-refractivity contribution is 0.568. The quantitative estimate of drug-likeness (QED) is 0.179. The molecular formula is C48H57N. The fourth-order valence-electron chi connectivity index (χ4n) is 7.23. The highest BCUT2D eigenvalue weighted by Crippen LogP contribution is 2.43. The molecule has 0 spiro atoms. The summed E-state index contributed by atoms with van der Waals surface area (Å²) in [7, 11) is 0. The van der Waals surface area contributed by atoms with Gasteiger partial charge in [-0.15, -0.1) is 0 Å². The lowest BCUT2D eigenvalue weighted by Crippen LogP contribution is -2.16. The molecule has 1 heterocycles. The molecule has 0 atom stereocenters. The van der Waals surface area contributed by atoms with Crippen LogP contribution in [0.4, 0.5) is 0 Å². The third kappa shape index (κ3) is 6.50. The fraction of sp³-hybridized carbons (Fsp3) is 0.375. The maximum absolute atomic E-state index is 2.57. The standard InChI is InChI=1S/C48H57N/c1-14-37-38(31-25-33(45(2,3)4)29-34(26-31)46(5,6)7)20-18-24-42(37)49-43-23-16-15-19-40(43)41-22-17-21-39(44(41)49)32-27-35(47(8,9)10)30-36(28-32)48(11,12)13/h15-30H,14H2,1-13H3. The van der Waals surface area contributed by atoms with E-state index in [2.05, 4.69) is 192 Å². The number of nitrogens with zero attached hydrogens (tertiary/aromatic N) is 1. The van der Waals surface area contributed by atoms with E-state index < -0.39 is 0 Å². The second-order valence-electron chi connectivity index (χ2n) is 18.3. The van der Waals surface area contributed by atoms with E-state index in [1.165, 1.54) is 77.6 Å². The molecule has 254 valence electrons. The molecular weight excluding hydrogens is 591 g/mol. The monoisotopic (exact) mass is 647 g/mol. The van der Waals surface area contributed by atoms with E-state index in [0.717, 1.165) is 6.42 Å². The van der Waals surface area contributed by atoms with Crippen LogP contribution in [0.2, 0.25) is 0 Å². The van der Waals surface area contributed by atoms with E-state index in [0.29, 0.717) is 0 Å². The Hall–Kier alpha value is -4.10. The Labute approximate surface area is 296 Å². The fourth-order valence-corrected chi connectivity index (χ4v) is 7.23. The minimum atomic E-state index is 0.0355. The third-order valence-corrected chi connectivity index (χ3v) is 10.4. The van der Waals surface area contributed by atoms with Gasteiger partial charge >= 0.3 is 0 Å². The van der Waals surface area contributed by atoms with E-state index >= 15 is 0 Å². The van der Waals surface area contributed by atoms with E-state index in [1.807, 2.05) is 0 Å². The van der Waals surface area contributed by atoms with Crippen molar-refractivity contribution in [2.45, 2.75) is 118 Å². The summed E-state index contributed by atoms with van der Waals surface area (Å²) in [5, 5.41) is 2.59. The number of para-hydroxylation sites is 2. The molecule has 6 aromatic rings. The van der Waals surface area contributed by atoms with Crippen LogP contribution in [0.1, 0.15) is 118 Å². The zero-order valence-corrected chi connectivity index (χ0v) is 32.4. The molecule has 49 heavy (non-hydrogen) atoms. The van der Waals surface area contributed by atoms with Crippen LogP contribution in [0.3, 0.4) is 0 Å². The molecule has 0 unspecified atom stereocenters. The molecule has 0 N–H and O–H groups in total. The highest BCUT2D eigenvalue weighted by Gasteiger charge is 2.25. The van der Waals surface area contributed by atoms with Gasteiger partial charge in [0.05, 0.1) is 11.0 Å². The SMILES string of the molecule is CCc1c(-c2cc(C(C)(C)C)cc(C(C)(C)C)c2)cccc1-n1c2ccccc2c2cccc(-c3cc(C(C)(C)C)cc(C(C)(C)C)c3)c21. The Balaban J connectivity index is 1.71. The Kier molecular flexibility index (Phi) is 8.54. The van der Waals surface area contributed by atoms with Gasteiger partial charge in [0.15, 0.2) is 0 Å². The van der Waals surface area contributed by atoms with E-state index in [-0.39, 0.29) is 21.7 Å². The van der Waals surface area contributed by atoms with Gasteiger partial charge in [-0.1, -0.05) is 175 Å².